The van der Waals surface area contributed by atoms with Gasteiger partial charge in [-0.15, -0.1) is 0 Å². The van der Waals surface area contributed by atoms with E-state index < -0.39 is 11.8 Å². The number of aromatic nitrogens is 4. The molecular formula is C25H21F2N5O2. The molecule has 1 saturated heterocycles. The minimum atomic E-state index is -0.819. The van der Waals surface area contributed by atoms with Crippen molar-refractivity contribution in [1.29, 1.82) is 0 Å². The molecule has 0 spiro atoms. The SMILES string of the molecule is C=CC(=O)N1CCC[C@H](c2nn(-c3ccc(Oc4ccccc4)nc3F)c3cncc(F)c23)C1. The molecule has 4 aromatic rings. The molecular weight excluding hydrogens is 440 g/mol. The van der Waals surface area contributed by atoms with Gasteiger partial charge in [-0.1, -0.05) is 24.8 Å². The molecule has 7 nitrogen and oxygen atoms in total. The van der Waals surface area contributed by atoms with Gasteiger partial charge in [-0.25, -0.2) is 9.07 Å². The van der Waals surface area contributed by atoms with Crippen LogP contribution in [0.25, 0.3) is 16.6 Å². The smallest absolute Gasteiger partial charge is 0.245 e. The van der Waals surface area contributed by atoms with Gasteiger partial charge in [0.15, 0.2) is 5.82 Å². The molecule has 0 unspecified atom stereocenters. The second kappa shape index (κ2) is 9.01. The Balaban J connectivity index is 1.54. The van der Waals surface area contributed by atoms with Gasteiger partial charge in [0.2, 0.25) is 17.7 Å². The summed E-state index contributed by atoms with van der Waals surface area (Å²) in [6.45, 7) is 4.53. The van der Waals surface area contributed by atoms with Crippen LogP contribution in [0.4, 0.5) is 8.78 Å². The standard InChI is InChI=1S/C25H21F2N5O2/c1-2-22(33)31-12-6-7-16(15-31)24-23-18(26)13-28-14-20(23)32(30-24)19-10-11-21(29-25(19)27)34-17-8-4-3-5-9-17/h2-5,8-11,13-14,16H,1,6-7,12,15H2/t16-/m0/s1. The molecule has 9 heteroatoms. The lowest BCUT2D eigenvalue weighted by Crippen LogP contribution is -2.38. The highest BCUT2D eigenvalue weighted by molar-refractivity contribution is 5.87. The molecule has 0 radical (unpaired) electrons. The Kier molecular flexibility index (Phi) is 5.75. The average molecular weight is 461 g/mol. The van der Waals surface area contributed by atoms with Crippen LogP contribution in [0.1, 0.15) is 24.5 Å². The Hall–Kier alpha value is -4.14. The highest BCUT2D eigenvalue weighted by Gasteiger charge is 2.29. The van der Waals surface area contributed by atoms with Gasteiger partial charge in [0.05, 0.1) is 29.0 Å². The van der Waals surface area contributed by atoms with E-state index in [2.05, 4.69) is 21.6 Å². The first kappa shape index (κ1) is 21.7. The predicted octanol–water partition coefficient (Wildman–Crippen LogP) is 4.78. The van der Waals surface area contributed by atoms with Crippen molar-refractivity contribution < 1.29 is 18.3 Å². The van der Waals surface area contributed by atoms with Crippen molar-refractivity contribution in [2.24, 2.45) is 0 Å². The first-order valence-corrected chi connectivity index (χ1v) is 10.9. The van der Waals surface area contributed by atoms with E-state index in [9.17, 15) is 9.18 Å². The van der Waals surface area contributed by atoms with Crippen molar-refractivity contribution >= 4 is 16.8 Å². The summed E-state index contributed by atoms with van der Waals surface area (Å²) < 4.78 is 36.9. The summed E-state index contributed by atoms with van der Waals surface area (Å²) in [5.74, 6) is -1.16. The normalized spacial score (nSPS) is 15.9. The minimum absolute atomic E-state index is 0.0406. The topological polar surface area (TPSA) is 73.1 Å². The summed E-state index contributed by atoms with van der Waals surface area (Å²) in [6, 6.07) is 11.9. The van der Waals surface area contributed by atoms with Gasteiger partial charge >= 0.3 is 0 Å². The van der Waals surface area contributed by atoms with E-state index >= 15 is 4.39 Å². The van der Waals surface area contributed by atoms with Crippen molar-refractivity contribution in [2.45, 2.75) is 18.8 Å². The zero-order valence-corrected chi connectivity index (χ0v) is 18.2. The first-order chi connectivity index (χ1) is 16.5. The second-order valence-electron chi connectivity index (χ2n) is 8.01. The average Bonchev–Trinajstić information content (AvgIpc) is 3.25. The zero-order valence-electron chi connectivity index (χ0n) is 18.2. The number of hydrogen-bond donors (Lipinski definition) is 0. The number of fused-ring (bicyclic) bond motifs is 1. The van der Waals surface area contributed by atoms with Crippen LogP contribution in [0, 0.1) is 11.8 Å². The molecule has 0 bridgehead atoms. The maximum absolute atomic E-state index is 15.1. The molecule has 1 fully saturated rings. The van der Waals surface area contributed by atoms with E-state index in [1.807, 2.05) is 6.07 Å². The maximum atomic E-state index is 15.1. The summed E-state index contributed by atoms with van der Waals surface area (Å²) in [5.41, 5.74) is 0.818. The molecule has 0 N–H and O–H groups in total. The number of ether oxygens (including phenoxy) is 1. The fraction of sp³-hybridized carbons (Fsp3) is 0.200. The molecule has 5 rings (SSSR count). The molecule has 1 aromatic carbocycles. The van der Waals surface area contributed by atoms with Gasteiger partial charge in [-0.3, -0.25) is 9.78 Å². The van der Waals surface area contributed by atoms with Crippen LogP contribution in [0.5, 0.6) is 11.6 Å². The number of piperidine rings is 1. The van der Waals surface area contributed by atoms with Crippen LogP contribution in [-0.2, 0) is 4.79 Å². The van der Waals surface area contributed by atoms with Crippen molar-refractivity contribution in [2.75, 3.05) is 13.1 Å². The number of nitrogens with zero attached hydrogens (tertiary/aromatic N) is 5. The fourth-order valence-corrected chi connectivity index (χ4v) is 4.28. The second-order valence-corrected chi connectivity index (χ2v) is 8.01. The van der Waals surface area contributed by atoms with Crippen LogP contribution in [0.2, 0.25) is 0 Å². The number of carbonyl (C=O) groups is 1. The summed E-state index contributed by atoms with van der Waals surface area (Å²) in [7, 11) is 0. The summed E-state index contributed by atoms with van der Waals surface area (Å²) in [6.07, 6.45) is 5.28. The molecule has 0 aliphatic carbocycles. The quantitative estimate of drug-likeness (QED) is 0.316. The Morgan fingerprint density at radius 1 is 1.15 bits per heavy atom. The van der Waals surface area contributed by atoms with E-state index in [0.717, 1.165) is 19.0 Å². The van der Waals surface area contributed by atoms with E-state index in [4.69, 9.17) is 4.74 Å². The lowest BCUT2D eigenvalue weighted by Gasteiger charge is -2.31. The highest BCUT2D eigenvalue weighted by Crippen LogP contribution is 2.34. The number of likely N-dealkylation sites (tertiary alicyclic amines) is 1. The molecule has 0 saturated carbocycles. The highest BCUT2D eigenvalue weighted by atomic mass is 19.1. The van der Waals surface area contributed by atoms with E-state index in [0.29, 0.717) is 30.0 Å². The lowest BCUT2D eigenvalue weighted by atomic mass is 9.93. The van der Waals surface area contributed by atoms with Crippen LogP contribution in [0.15, 0.2) is 67.5 Å². The lowest BCUT2D eigenvalue weighted by molar-refractivity contribution is -0.127. The minimum Gasteiger partial charge on any atom is -0.439 e. The molecule has 172 valence electrons. The van der Waals surface area contributed by atoms with Crippen molar-refractivity contribution in [3.05, 3.63) is 85.0 Å². The monoisotopic (exact) mass is 461 g/mol. The van der Waals surface area contributed by atoms with Crippen molar-refractivity contribution in [1.82, 2.24) is 24.6 Å². The van der Waals surface area contributed by atoms with Crippen LogP contribution < -0.4 is 4.74 Å². The Morgan fingerprint density at radius 2 is 1.97 bits per heavy atom. The largest absolute Gasteiger partial charge is 0.439 e. The number of para-hydroxylation sites is 1. The van der Waals surface area contributed by atoms with E-state index in [-0.39, 0.29) is 28.8 Å². The van der Waals surface area contributed by atoms with Crippen molar-refractivity contribution in [3.8, 4) is 17.3 Å². The maximum Gasteiger partial charge on any atom is 0.245 e. The zero-order chi connectivity index (χ0) is 23.7. The third-order valence-corrected chi connectivity index (χ3v) is 5.86. The molecule has 3 aromatic heterocycles. The van der Waals surface area contributed by atoms with Gasteiger partial charge in [0.1, 0.15) is 11.4 Å². The molecule has 4 heterocycles. The van der Waals surface area contributed by atoms with E-state index in [1.54, 1.807) is 29.2 Å². The summed E-state index contributed by atoms with van der Waals surface area (Å²) in [4.78, 5) is 21.7. The van der Waals surface area contributed by atoms with Crippen molar-refractivity contribution in [3.63, 3.8) is 0 Å². The van der Waals surface area contributed by atoms with Gasteiger partial charge in [0.25, 0.3) is 0 Å². The Morgan fingerprint density at radius 3 is 2.74 bits per heavy atom. The molecule has 34 heavy (non-hydrogen) atoms. The van der Waals surface area contributed by atoms with E-state index in [1.165, 1.54) is 29.1 Å². The molecule has 1 aliphatic rings. The van der Waals surface area contributed by atoms with Crippen LogP contribution in [0.3, 0.4) is 0 Å². The first-order valence-electron chi connectivity index (χ1n) is 10.9. The van der Waals surface area contributed by atoms with Gasteiger partial charge in [0, 0.05) is 25.1 Å². The molecule has 1 amide bonds. The number of carbonyl (C=O) groups excluding carboxylic acids is 1. The number of rotatable bonds is 5. The molecule has 1 atom stereocenters. The molecule has 1 aliphatic heterocycles. The third-order valence-electron chi connectivity index (χ3n) is 5.86. The number of hydrogen-bond acceptors (Lipinski definition) is 5. The number of halogens is 2. The Bertz CT molecular complexity index is 1370. The number of pyridine rings is 2. The third kappa shape index (κ3) is 4.00. The Labute approximate surface area is 194 Å². The fourth-order valence-electron chi connectivity index (χ4n) is 4.28. The van der Waals surface area contributed by atoms with Crippen LogP contribution in [-0.4, -0.2) is 43.6 Å². The predicted molar refractivity (Wildman–Crippen MR) is 122 cm³/mol. The number of benzene rings is 1. The summed E-state index contributed by atoms with van der Waals surface area (Å²) in [5, 5.41) is 4.85. The van der Waals surface area contributed by atoms with Crippen LogP contribution >= 0.6 is 0 Å². The van der Waals surface area contributed by atoms with Gasteiger partial charge in [-0.05, 0) is 37.1 Å². The van der Waals surface area contributed by atoms with Gasteiger partial charge < -0.3 is 9.64 Å². The number of amides is 1. The summed E-state index contributed by atoms with van der Waals surface area (Å²) >= 11 is 0. The van der Waals surface area contributed by atoms with Gasteiger partial charge in [-0.2, -0.15) is 14.5 Å².